The molecule has 0 bridgehead atoms. The number of nitrogens with zero attached hydrogens (tertiary/aromatic N) is 2. The Bertz CT molecular complexity index is 838. The quantitative estimate of drug-likeness (QED) is 0.743. The molecule has 0 aromatic heterocycles. The summed E-state index contributed by atoms with van der Waals surface area (Å²) in [5, 5.41) is 0.779. The molecule has 1 aliphatic rings. The van der Waals surface area contributed by atoms with E-state index in [0.29, 0.717) is 24.6 Å². The number of anilines is 1. The van der Waals surface area contributed by atoms with Crippen LogP contribution in [0, 0.1) is 0 Å². The summed E-state index contributed by atoms with van der Waals surface area (Å²) in [6.07, 6.45) is 0. The highest BCUT2D eigenvalue weighted by Crippen LogP contribution is 2.28. The van der Waals surface area contributed by atoms with Crippen LogP contribution in [-0.4, -0.2) is 64.8 Å². The van der Waals surface area contributed by atoms with Crippen LogP contribution in [0.2, 0.25) is 5.02 Å². The second-order valence-electron chi connectivity index (χ2n) is 7.30. The maximum Gasteiger partial charge on any atom is 0.277 e. The maximum atomic E-state index is 12.7. The smallest absolute Gasteiger partial charge is 0.277 e. The lowest BCUT2D eigenvalue weighted by Crippen LogP contribution is -3.15. The predicted octanol–water partition coefficient (Wildman–Crippen LogP) is 1.72. The van der Waals surface area contributed by atoms with Gasteiger partial charge < -0.3 is 24.2 Å². The molecule has 3 rings (SSSR count). The Morgan fingerprint density at radius 3 is 2.45 bits per heavy atom. The van der Waals surface area contributed by atoms with Crippen LogP contribution in [0.4, 0.5) is 5.69 Å². The van der Waals surface area contributed by atoms with E-state index in [-0.39, 0.29) is 5.91 Å². The van der Waals surface area contributed by atoms with Crippen molar-refractivity contribution in [2.75, 3.05) is 58.9 Å². The van der Waals surface area contributed by atoms with E-state index in [4.69, 9.17) is 21.1 Å². The molecule has 1 aliphatic heterocycles. The van der Waals surface area contributed by atoms with Crippen molar-refractivity contribution in [2.45, 2.75) is 6.54 Å². The molecule has 0 spiro atoms. The van der Waals surface area contributed by atoms with Crippen LogP contribution >= 0.6 is 11.6 Å². The average molecular weight is 419 g/mol. The van der Waals surface area contributed by atoms with Crippen molar-refractivity contribution < 1.29 is 19.2 Å². The fraction of sp³-hybridized carbons (Fsp3) is 0.409. The molecule has 1 fully saturated rings. The van der Waals surface area contributed by atoms with Crippen molar-refractivity contribution >= 4 is 23.2 Å². The normalized spacial score (nSPS) is 14.6. The number of para-hydroxylation sites is 1. The number of benzene rings is 2. The third-order valence-corrected chi connectivity index (χ3v) is 5.68. The number of ether oxygens (including phenoxy) is 2. The highest BCUT2D eigenvalue weighted by molar-refractivity contribution is 6.33. The molecule has 156 valence electrons. The van der Waals surface area contributed by atoms with Crippen molar-refractivity contribution in [3.63, 3.8) is 0 Å². The minimum absolute atomic E-state index is 0.140. The second-order valence-corrected chi connectivity index (χ2v) is 7.71. The predicted molar refractivity (Wildman–Crippen MR) is 115 cm³/mol. The van der Waals surface area contributed by atoms with Gasteiger partial charge in [0, 0.05) is 13.6 Å². The Morgan fingerprint density at radius 2 is 1.79 bits per heavy atom. The molecular formula is C22H29ClN3O3+. The molecule has 2 aromatic rings. The maximum absolute atomic E-state index is 12.7. The summed E-state index contributed by atoms with van der Waals surface area (Å²) in [5.74, 6) is 1.50. The molecule has 1 N–H and O–H groups in total. The van der Waals surface area contributed by atoms with Gasteiger partial charge in [0.05, 0.1) is 51.1 Å². The number of carbonyl (C=O) groups is 1. The van der Waals surface area contributed by atoms with Gasteiger partial charge in [0.1, 0.15) is 0 Å². The molecule has 1 heterocycles. The second kappa shape index (κ2) is 9.85. The van der Waals surface area contributed by atoms with Gasteiger partial charge in [-0.1, -0.05) is 29.8 Å². The summed E-state index contributed by atoms with van der Waals surface area (Å²) in [7, 11) is 5.07. The van der Waals surface area contributed by atoms with Gasteiger partial charge in [0.25, 0.3) is 5.91 Å². The number of piperazine rings is 1. The molecule has 0 saturated carbocycles. The third-order valence-electron chi connectivity index (χ3n) is 5.36. The van der Waals surface area contributed by atoms with Crippen molar-refractivity contribution in [3.8, 4) is 11.5 Å². The Morgan fingerprint density at radius 1 is 1.10 bits per heavy atom. The molecule has 0 atom stereocenters. The van der Waals surface area contributed by atoms with Gasteiger partial charge in [-0.2, -0.15) is 0 Å². The standard InChI is InChI=1S/C22H28ClN3O3/c1-24(15-17-8-9-20(28-2)21(14-17)29-3)22(27)16-25-10-12-26(13-11-25)19-7-5-4-6-18(19)23/h4-9,14H,10-13,15-16H2,1-3H3/p+1. The highest BCUT2D eigenvalue weighted by atomic mass is 35.5. The van der Waals surface area contributed by atoms with E-state index in [1.54, 1.807) is 19.1 Å². The SMILES string of the molecule is COc1ccc(CN(C)C(=O)C[NH+]2CCN(c3ccccc3Cl)CC2)cc1OC. The molecule has 0 radical (unpaired) electrons. The van der Waals surface area contributed by atoms with E-state index >= 15 is 0 Å². The van der Waals surface area contributed by atoms with Crippen molar-refractivity contribution in [1.29, 1.82) is 0 Å². The number of amides is 1. The fourth-order valence-electron chi connectivity index (χ4n) is 3.64. The highest BCUT2D eigenvalue weighted by Gasteiger charge is 2.24. The largest absolute Gasteiger partial charge is 0.493 e. The number of likely N-dealkylation sites (N-methyl/N-ethyl adjacent to an activating group) is 1. The third kappa shape index (κ3) is 5.34. The molecule has 1 saturated heterocycles. The molecule has 1 amide bonds. The minimum Gasteiger partial charge on any atom is -0.493 e. The van der Waals surface area contributed by atoms with Crippen molar-refractivity contribution in [1.82, 2.24) is 4.90 Å². The molecule has 29 heavy (non-hydrogen) atoms. The first kappa shape index (κ1) is 21.3. The van der Waals surface area contributed by atoms with Crippen LogP contribution < -0.4 is 19.3 Å². The fourth-order valence-corrected chi connectivity index (χ4v) is 3.89. The van der Waals surface area contributed by atoms with Crippen LogP contribution in [0.15, 0.2) is 42.5 Å². The van der Waals surface area contributed by atoms with Crippen molar-refractivity contribution in [2.24, 2.45) is 0 Å². The summed E-state index contributed by atoms with van der Waals surface area (Å²) in [4.78, 5) is 18.1. The summed E-state index contributed by atoms with van der Waals surface area (Å²) in [6, 6.07) is 13.7. The van der Waals surface area contributed by atoms with E-state index < -0.39 is 0 Å². The Kier molecular flexibility index (Phi) is 7.23. The van der Waals surface area contributed by atoms with E-state index in [2.05, 4.69) is 11.0 Å². The zero-order valence-corrected chi connectivity index (χ0v) is 18.0. The van der Waals surface area contributed by atoms with Crippen LogP contribution in [-0.2, 0) is 11.3 Å². The number of hydrogen-bond donors (Lipinski definition) is 1. The molecular weight excluding hydrogens is 390 g/mol. The van der Waals surface area contributed by atoms with Crippen LogP contribution in [0.5, 0.6) is 11.5 Å². The van der Waals surface area contributed by atoms with E-state index in [9.17, 15) is 4.79 Å². The van der Waals surface area contributed by atoms with Gasteiger partial charge in [-0.05, 0) is 29.8 Å². The van der Waals surface area contributed by atoms with Crippen LogP contribution in [0.3, 0.4) is 0 Å². The number of nitrogens with one attached hydrogen (secondary N) is 1. The average Bonchev–Trinajstić information content (AvgIpc) is 2.74. The van der Waals surface area contributed by atoms with Gasteiger partial charge in [-0.25, -0.2) is 0 Å². The lowest BCUT2D eigenvalue weighted by Gasteiger charge is -2.34. The molecule has 7 heteroatoms. The summed E-state index contributed by atoms with van der Waals surface area (Å²) >= 11 is 6.31. The van der Waals surface area contributed by atoms with Gasteiger partial charge in [0.15, 0.2) is 18.0 Å². The Balaban J connectivity index is 1.51. The number of hydrogen-bond acceptors (Lipinski definition) is 4. The Hall–Kier alpha value is -2.44. The molecule has 0 aliphatic carbocycles. The number of methoxy groups -OCH3 is 2. The number of halogens is 1. The number of carbonyl (C=O) groups excluding carboxylic acids is 1. The minimum atomic E-state index is 0.140. The Labute approximate surface area is 177 Å². The molecule has 2 aromatic carbocycles. The van der Waals surface area contributed by atoms with E-state index in [1.807, 2.05) is 43.4 Å². The number of quaternary nitrogens is 1. The molecule has 6 nitrogen and oxygen atoms in total. The van der Waals surface area contributed by atoms with E-state index in [1.165, 1.54) is 4.90 Å². The van der Waals surface area contributed by atoms with Crippen LogP contribution in [0.1, 0.15) is 5.56 Å². The van der Waals surface area contributed by atoms with E-state index in [0.717, 1.165) is 42.5 Å². The summed E-state index contributed by atoms with van der Waals surface area (Å²) in [5.41, 5.74) is 2.09. The summed E-state index contributed by atoms with van der Waals surface area (Å²) < 4.78 is 10.6. The van der Waals surface area contributed by atoms with Crippen molar-refractivity contribution in [3.05, 3.63) is 53.1 Å². The van der Waals surface area contributed by atoms with Gasteiger partial charge >= 0.3 is 0 Å². The van der Waals surface area contributed by atoms with Gasteiger partial charge in [0.2, 0.25) is 0 Å². The zero-order valence-electron chi connectivity index (χ0n) is 17.3. The zero-order chi connectivity index (χ0) is 20.8. The molecule has 0 unspecified atom stereocenters. The first-order valence-corrected chi connectivity index (χ1v) is 10.2. The van der Waals surface area contributed by atoms with Gasteiger partial charge in [-0.3, -0.25) is 4.79 Å². The topological polar surface area (TPSA) is 46.5 Å². The van der Waals surface area contributed by atoms with Gasteiger partial charge in [-0.15, -0.1) is 0 Å². The van der Waals surface area contributed by atoms with Crippen LogP contribution in [0.25, 0.3) is 0 Å². The monoisotopic (exact) mass is 418 g/mol. The first-order chi connectivity index (χ1) is 14.0. The lowest BCUT2D eigenvalue weighted by molar-refractivity contribution is -0.892. The first-order valence-electron chi connectivity index (χ1n) is 9.79. The number of rotatable bonds is 7. The lowest BCUT2D eigenvalue weighted by atomic mass is 10.2. The summed E-state index contributed by atoms with van der Waals surface area (Å²) in [6.45, 7) is 4.66.